The minimum atomic E-state index is -0.0828. The number of hydrogen-bond acceptors (Lipinski definition) is 3. The van der Waals surface area contributed by atoms with Crippen molar-refractivity contribution < 1.29 is 9.53 Å². The monoisotopic (exact) mass is 261 g/mol. The minimum absolute atomic E-state index is 0.0775. The van der Waals surface area contributed by atoms with E-state index < -0.39 is 0 Å². The summed E-state index contributed by atoms with van der Waals surface area (Å²) in [4.78, 5) is 16.3. The maximum Gasteiger partial charge on any atom is 0.314 e. The number of esters is 1. The van der Waals surface area contributed by atoms with Crippen molar-refractivity contribution in [3.05, 3.63) is 24.0 Å². The molecule has 0 spiro atoms. The average Bonchev–Trinajstić information content (AvgIpc) is 2.48. The quantitative estimate of drug-likeness (QED) is 0.774. The molecule has 3 nitrogen and oxygen atoms in total. The second-order valence-corrected chi connectivity index (χ2v) is 5.39. The smallest absolute Gasteiger partial charge is 0.314 e. The largest absolute Gasteiger partial charge is 0.425 e. The SMILES string of the molecule is CCc1ccc(OC(=O)[C@H]2CC[C@H](CC)CC2)cn1. The van der Waals surface area contributed by atoms with Gasteiger partial charge in [-0.2, -0.15) is 0 Å². The van der Waals surface area contributed by atoms with E-state index >= 15 is 0 Å². The van der Waals surface area contributed by atoms with Crippen LogP contribution in [0.15, 0.2) is 18.3 Å². The number of aryl methyl sites for hydroxylation is 1. The van der Waals surface area contributed by atoms with Crippen LogP contribution in [0.5, 0.6) is 5.75 Å². The molecule has 0 aromatic carbocycles. The molecule has 0 atom stereocenters. The number of nitrogens with zero attached hydrogens (tertiary/aromatic N) is 1. The van der Waals surface area contributed by atoms with Crippen LogP contribution in [-0.2, 0) is 11.2 Å². The lowest BCUT2D eigenvalue weighted by atomic mass is 9.81. The van der Waals surface area contributed by atoms with Crippen molar-refractivity contribution in [1.82, 2.24) is 4.98 Å². The Morgan fingerprint density at radius 2 is 2.00 bits per heavy atom. The molecule has 0 radical (unpaired) electrons. The molecule has 19 heavy (non-hydrogen) atoms. The summed E-state index contributed by atoms with van der Waals surface area (Å²) < 4.78 is 5.42. The molecule has 1 aliphatic carbocycles. The fourth-order valence-electron chi connectivity index (χ4n) is 2.69. The maximum absolute atomic E-state index is 12.1. The molecule has 1 heterocycles. The van der Waals surface area contributed by atoms with Gasteiger partial charge in [0.05, 0.1) is 12.1 Å². The number of carbonyl (C=O) groups is 1. The Balaban J connectivity index is 1.86. The van der Waals surface area contributed by atoms with Crippen LogP contribution in [0.4, 0.5) is 0 Å². The van der Waals surface area contributed by atoms with Crippen molar-refractivity contribution in [2.24, 2.45) is 11.8 Å². The third-order valence-corrected chi connectivity index (χ3v) is 4.14. The summed E-state index contributed by atoms with van der Waals surface area (Å²) in [5, 5.41) is 0. The standard InChI is InChI=1S/C16H23NO2/c1-3-12-5-7-13(8-6-12)16(18)19-15-10-9-14(4-2)17-11-15/h9-13H,3-8H2,1-2H3/t12-,13-. The third-order valence-electron chi connectivity index (χ3n) is 4.14. The summed E-state index contributed by atoms with van der Waals surface area (Å²) in [6.07, 6.45) is 8.02. The van der Waals surface area contributed by atoms with E-state index in [0.29, 0.717) is 5.75 Å². The van der Waals surface area contributed by atoms with E-state index in [9.17, 15) is 4.79 Å². The molecule has 1 saturated carbocycles. The molecule has 0 saturated heterocycles. The first-order valence-electron chi connectivity index (χ1n) is 7.39. The number of carbonyl (C=O) groups excluding carboxylic acids is 1. The summed E-state index contributed by atoms with van der Waals surface area (Å²) in [5.74, 6) is 1.36. The fourth-order valence-corrected chi connectivity index (χ4v) is 2.69. The Morgan fingerprint density at radius 1 is 1.26 bits per heavy atom. The fraction of sp³-hybridized carbons (Fsp3) is 0.625. The van der Waals surface area contributed by atoms with Crippen molar-refractivity contribution in [3.63, 3.8) is 0 Å². The Bertz CT molecular complexity index is 405. The second-order valence-electron chi connectivity index (χ2n) is 5.39. The molecular weight excluding hydrogens is 238 g/mol. The van der Waals surface area contributed by atoms with E-state index in [1.165, 1.54) is 6.42 Å². The van der Waals surface area contributed by atoms with Gasteiger partial charge in [-0.15, -0.1) is 0 Å². The van der Waals surface area contributed by atoms with Crippen molar-refractivity contribution in [3.8, 4) is 5.75 Å². The Kier molecular flexibility index (Phi) is 4.94. The molecule has 3 heteroatoms. The molecule has 0 amide bonds. The predicted molar refractivity (Wildman–Crippen MR) is 75.0 cm³/mol. The maximum atomic E-state index is 12.1. The van der Waals surface area contributed by atoms with E-state index in [2.05, 4.69) is 18.8 Å². The highest BCUT2D eigenvalue weighted by Crippen LogP contribution is 2.31. The van der Waals surface area contributed by atoms with Gasteiger partial charge in [0.25, 0.3) is 0 Å². The lowest BCUT2D eigenvalue weighted by molar-refractivity contribution is -0.140. The molecule has 0 aliphatic heterocycles. The first-order chi connectivity index (χ1) is 9.22. The zero-order valence-electron chi connectivity index (χ0n) is 11.9. The van der Waals surface area contributed by atoms with E-state index in [1.807, 2.05) is 12.1 Å². The van der Waals surface area contributed by atoms with Gasteiger partial charge >= 0.3 is 5.97 Å². The molecule has 0 N–H and O–H groups in total. The Morgan fingerprint density at radius 3 is 2.53 bits per heavy atom. The van der Waals surface area contributed by atoms with Gasteiger partial charge in [-0.1, -0.05) is 20.3 Å². The second kappa shape index (κ2) is 6.69. The van der Waals surface area contributed by atoms with E-state index in [-0.39, 0.29) is 11.9 Å². The topological polar surface area (TPSA) is 39.2 Å². The summed E-state index contributed by atoms with van der Waals surface area (Å²) in [6, 6.07) is 3.75. The summed E-state index contributed by atoms with van der Waals surface area (Å²) in [7, 11) is 0. The number of rotatable bonds is 4. The normalized spacial score (nSPS) is 23.1. The van der Waals surface area contributed by atoms with Crippen LogP contribution in [0.2, 0.25) is 0 Å². The van der Waals surface area contributed by atoms with Gasteiger partial charge in [0, 0.05) is 5.69 Å². The molecule has 1 aliphatic rings. The minimum Gasteiger partial charge on any atom is -0.425 e. The van der Waals surface area contributed by atoms with Gasteiger partial charge in [-0.25, -0.2) is 0 Å². The molecule has 1 aromatic rings. The highest BCUT2D eigenvalue weighted by atomic mass is 16.5. The van der Waals surface area contributed by atoms with Gasteiger partial charge in [0.1, 0.15) is 5.75 Å². The van der Waals surface area contributed by atoms with Crippen LogP contribution in [0.25, 0.3) is 0 Å². The van der Waals surface area contributed by atoms with Crippen LogP contribution < -0.4 is 4.74 Å². The van der Waals surface area contributed by atoms with Crippen molar-refractivity contribution in [2.75, 3.05) is 0 Å². The molecule has 1 fully saturated rings. The average molecular weight is 261 g/mol. The highest BCUT2D eigenvalue weighted by Gasteiger charge is 2.26. The first-order valence-corrected chi connectivity index (χ1v) is 7.39. The number of pyridine rings is 1. The van der Waals surface area contributed by atoms with Gasteiger partial charge in [-0.05, 0) is 50.2 Å². The molecule has 2 rings (SSSR count). The molecule has 0 bridgehead atoms. The zero-order chi connectivity index (χ0) is 13.7. The summed E-state index contributed by atoms with van der Waals surface area (Å²) >= 11 is 0. The molecule has 0 unspecified atom stereocenters. The van der Waals surface area contributed by atoms with Crippen LogP contribution in [0, 0.1) is 11.8 Å². The predicted octanol–water partition coefficient (Wildman–Crippen LogP) is 3.77. The van der Waals surface area contributed by atoms with Crippen molar-refractivity contribution in [2.45, 2.75) is 52.4 Å². The molecule has 104 valence electrons. The lowest BCUT2D eigenvalue weighted by Crippen LogP contribution is -2.25. The highest BCUT2D eigenvalue weighted by molar-refractivity contribution is 5.75. The van der Waals surface area contributed by atoms with Gasteiger partial charge in [0.15, 0.2) is 0 Å². The molecule has 1 aromatic heterocycles. The summed E-state index contributed by atoms with van der Waals surface area (Å²) in [6.45, 7) is 4.28. The van der Waals surface area contributed by atoms with Crippen molar-refractivity contribution in [1.29, 1.82) is 0 Å². The summed E-state index contributed by atoms with van der Waals surface area (Å²) in [5.41, 5.74) is 1.02. The van der Waals surface area contributed by atoms with Crippen LogP contribution >= 0.6 is 0 Å². The number of aromatic nitrogens is 1. The van der Waals surface area contributed by atoms with Crippen LogP contribution in [-0.4, -0.2) is 11.0 Å². The third kappa shape index (κ3) is 3.79. The van der Waals surface area contributed by atoms with E-state index in [4.69, 9.17) is 4.74 Å². The lowest BCUT2D eigenvalue weighted by Gasteiger charge is -2.26. The van der Waals surface area contributed by atoms with Crippen molar-refractivity contribution >= 4 is 5.97 Å². The van der Waals surface area contributed by atoms with Gasteiger partial charge in [-0.3, -0.25) is 9.78 Å². The number of ether oxygens (including phenoxy) is 1. The van der Waals surface area contributed by atoms with Crippen LogP contribution in [0.3, 0.4) is 0 Å². The van der Waals surface area contributed by atoms with Crippen LogP contribution in [0.1, 0.15) is 51.6 Å². The van der Waals surface area contributed by atoms with E-state index in [0.717, 1.165) is 43.7 Å². The Labute approximate surface area is 115 Å². The zero-order valence-corrected chi connectivity index (χ0v) is 11.9. The number of hydrogen-bond donors (Lipinski definition) is 0. The Hall–Kier alpha value is -1.38. The van der Waals surface area contributed by atoms with Gasteiger partial charge < -0.3 is 4.74 Å². The molecular formula is C16H23NO2. The van der Waals surface area contributed by atoms with E-state index in [1.54, 1.807) is 6.20 Å². The first kappa shape index (κ1) is 14.0. The van der Waals surface area contributed by atoms with Gasteiger partial charge in [0.2, 0.25) is 0 Å².